The van der Waals surface area contributed by atoms with E-state index in [9.17, 15) is 4.79 Å². The molecule has 1 atom stereocenters. The van der Waals surface area contributed by atoms with Gasteiger partial charge in [-0.05, 0) is 24.3 Å². The molecule has 1 aromatic rings. The highest BCUT2D eigenvalue weighted by atomic mass is 16.2. The smallest absolute Gasteiger partial charge is 0.239 e. The number of nitrogens with two attached hydrogens (primary N) is 1. The summed E-state index contributed by atoms with van der Waals surface area (Å²) in [6.07, 6.45) is 1.62. The molecular formula is C15H24N2O. The molecule has 0 aliphatic rings. The van der Waals surface area contributed by atoms with Gasteiger partial charge in [0.05, 0.1) is 6.04 Å². The molecule has 0 saturated carbocycles. The van der Waals surface area contributed by atoms with Crippen molar-refractivity contribution in [2.24, 2.45) is 11.7 Å². The van der Waals surface area contributed by atoms with Crippen LogP contribution in [0.2, 0.25) is 0 Å². The molecule has 1 amide bonds. The van der Waals surface area contributed by atoms with Crippen molar-refractivity contribution in [3.63, 3.8) is 0 Å². The Kier molecular flexibility index (Phi) is 5.86. The summed E-state index contributed by atoms with van der Waals surface area (Å²) in [5.74, 6) is 0.630. The lowest BCUT2D eigenvalue weighted by atomic mass is 10.1. The van der Waals surface area contributed by atoms with E-state index in [1.54, 1.807) is 4.90 Å². The van der Waals surface area contributed by atoms with E-state index in [0.29, 0.717) is 12.3 Å². The molecule has 0 unspecified atom stereocenters. The Labute approximate surface area is 110 Å². The van der Waals surface area contributed by atoms with Crippen LogP contribution in [0.4, 0.5) is 0 Å². The number of likely N-dealkylation sites (N-methyl/N-ethyl adjacent to an activating group) is 1. The zero-order chi connectivity index (χ0) is 13.5. The molecule has 0 spiro atoms. The number of rotatable bonds is 6. The maximum Gasteiger partial charge on any atom is 0.239 e. The van der Waals surface area contributed by atoms with Gasteiger partial charge in [-0.25, -0.2) is 0 Å². The third kappa shape index (κ3) is 4.88. The van der Waals surface area contributed by atoms with Gasteiger partial charge in [0.2, 0.25) is 5.91 Å². The fourth-order valence-electron chi connectivity index (χ4n) is 1.80. The van der Waals surface area contributed by atoms with E-state index in [1.807, 2.05) is 37.4 Å². The predicted octanol–water partition coefficient (Wildman–Crippen LogP) is 2.06. The molecule has 3 heteroatoms. The van der Waals surface area contributed by atoms with Crippen LogP contribution in [0, 0.1) is 5.92 Å². The highest BCUT2D eigenvalue weighted by Gasteiger charge is 2.18. The number of benzene rings is 1. The van der Waals surface area contributed by atoms with Crippen LogP contribution < -0.4 is 5.73 Å². The minimum Gasteiger partial charge on any atom is -0.344 e. The molecule has 0 aliphatic heterocycles. The lowest BCUT2D eigenvalue weighted by molar-refractivity contribution is -0.131. The number of hydrogen-bond acceptors (Lipinski definition) is 2. The van der Waals surface area contributed by atoms with E-state index in [-0.39, 0.29) is 5.91 Å². The van der Waals surface area contributed by atoms with Gasteiger partial charge in [-0.2, -0.15) is 0 Å². The molecular weight excluding hydrogens is 224 g/mol. The molecule has 0 fully saturated rings. The van der Waals surface area contributed by atoms with Crippen molar-refractivity contribution in [2.75, 3.05) is 13.6 Å². The van der Waals surface area contributed by atoms with Gasteiger partial charge in [-0.3, -0.25) is 4.79 Å². The lowest BCUT2D eigenvalue weighted by Crippen LogP contribution is -2.43. The first kappa shape index (κ1) is 14.7. The summed E-state index contributed by atoms with van der Waals surface area (Å²) in [5.41, 5.74) is 7.07. The molecule has 2 N–H and O–H groups in total. The van der Waals surface area contributed by atoms with E-state index in [2.05, 4.69) is 13.8 Å². The second-order valence-electron chi connectivity index (χ2n) is 5.24. The Morgan fingerprint density at radius 3 is 2.44 bits per heavy atom. The van der Waals surface area contributed by atoms with Gasteiger partial charge in [0.15, 0.2) is 0 Å². The molecule has 100 valence electrons. The SMILES string of the molecule is CC(C)CCN(C)C(=O)[C@H](N)Cc1ccccc1. The molecule has 0 radical (unpaired) electrons. The molecule has 0 aliphatic carbocycles. The number of carbonyl (C=O) groups excluding carboxylic acids is 1. The summed E-state index contributed by atoms with van der Waals surface area (Å²) >= 11 is 0. The number of hydrogen-bond donors (Lipinski definition) is 1. The Bertz CT molecular complexity index is 362. The first-order chi connectivity index (χ1) is 8.50. The van der Waals surface area contributed by atoms with Gasteiger partial charge in [-0.15, -0.1) is 0 Å². The summed E-state index contributed by atoms with van der Waals surface area (Å²) in [6.45, 7) is 5.09. The number of nitrogens with zero attached hydrogens (tertiary/aromatic N) is 1. The molecule has 0 bridgehead atoms. The van der Waals surface area contributed by atoms with Crippen molar-refractivity contribution in [2.45, 2.75) is 32.7 Å². The third-order valence-electron chi connectivity index (χ3n) is 3.03. The average Bonchev–Trinajstić information content (AvgIpc) is 2.36. The fraction of sp³-hybridized carbons (Fsp3) is 0.533. The van der Waals surface area contributed by atoms with E-state index >= 15 is 0 Å². The van der Waals surface area contributed by atoms with Crippen LogP contribution in [0.5, 0.6) is 0 Å². The second kappa shape index (κ2) is 7.17. The molecule has 0 saturated heterocycles. The summed E-state index contributed by atoms with van der Waals surface area (Å²) in [6, 6.07) is 9.46. The number of amides is 1. The lowest BCUT2D eigenvalue weighted by Gasteiger charge is -2.22. The van der Waals surface area contributed by atoms with E-state index in [0.717, 1.165) is 18.5 Å². The number of carbonyl (C=O) groups is 1. The van der Waals surface area contributed by atoms with Crippen molar-refractivity contribution >= 4 is 5.91 Å². The molecule has 3 nitrogen and oxygen atoms in total. The Morgan fingerprint density at radius 2 is 1.89 bits per heavy atom. The predicted molar refractivity (Wildman–Crippen MR) is 75.2 cm³/mol. The summed E-state index contributed by atoms with van der Waals surface area (Å²) in [5, 5.41) is 0. The Balaban J connectivity index is 2.46. The molecule has 0 heterocycles. The summed E-state index contributed by atoms with van der Waals surface area (Å²) < 4.78 is 0. The Hall–Kier alpha value is -1.35. The molecule has 1 rings (SSSR count). The average molecular weight is 248 g/mol. The largest absolute Gasteiger partial charge is 0.344 e. The fourth-order valence-corrected chi connectivity index (χ4v) is 1.80. The standard InChI is InChI=1S/C15H24N2O/c1-12(2)9-10-17(3)15(18)14(16)11-13-7-5-4-6-8-13/h4-8,12,14H,9-11,16H2,1-3H3/t14-/m1/s1. The monoisotopic (exact) mass is 248 g/mol. The van der Waals surface area contributed by atoms with Gasteiger partial charge < -0.3 is 10.6 Å². The van der Waals surface area contributed by atoms with Gasteiger partial charge in [0, 0.05) is 13.6 Å². The van der Waals surface area contributed by atoms with Crippen molar-refractivity contribution in [3.05, 3.63) is 35.9 Å². The van der Waals surface area contributed by atoms with Crippen LogP contribution in [0.25, 0.3) is 0 Å². The quantitative estimate of drug-likeness (QED) is 0.837. The van der Waals surface area contributed by atoms with Crippen molar-refractivity contribution in [1.82, 2.24) is 4.90 Å². The molecule has 1 aromatic carbocycles. The zero-order valence-corrected chi connectivity index (χ0v) is 11.6. The van der Waals surface area contributed by atoms with Gasteiger partial charge in [0.1, 0.15) is 0 Å². The van der Waals surface area contributed by atoms with Gasteiger partial charge >= 0.3 is 0 Å². The molecule has 0 aromatic heterocycles. The minimum absolute atomic E-state index is 0.0273. The minimum atomic E-state index is -0.440. The van der Waals surface area contributed by atoms with Crippen LogP contribution in [0.15, 0.2) is 30.3 Å². The normalized spacial score (nSPS) is 12.5. The topological polar surface area (TPSA) is 46.3 Å². The van der Waals surface area contributed by atoms with Crippen LogP contribution in [-0.4, -0.2) is 30.4 Å². The van der Waals surface area contributed by atoms with Crippen LogP contribution in [0.3, 0.4) is 0 Å². The second-order valence-corrected chi connectivity index (χ2v) is 5.24. The van der Waals surface area contributed by atoms with E-state index in [4.69, 9.17) is 5.73 Å². The van der Waals surface area contributed by atoms with Crippen molar-refractivity contribution < 1.29 is 4.79 Å². The van der Waals surface area contributed by atoms with Crippen molar-refractivity contribution in [3.8, 4) is 0 Å². The maximum absolute atomic E-state index is 12.1. The highest BCUT2D eigenvalue weighted by molar-refractivity contribution is 5.81. The first-order valence-electron chi connectivity index (χ1n) is 6.55. The highest BCUT2D eigenvalue weighted by Crippen LogP contribution is 2.06. The van der Waals surface area contributed by atoms with Crippen LogP contribution in [-0.2, 0) is 11.2 Å². The third-order valence-corrected chi connectivity index (χ3v) is 3.03. The van der Waals surface area contributed by atoms with E-state index in [1.165, 1.54) is 0 Å². The summed E-state index contributed by atoms with van der Waals surface area (Å²) in [7, 11) is 1.83. The maximum atomic E-state index is 12.1. The Morgan fingerprint density at radius 1 is 1.28 bits per heavy atom. The van der Waals surface area contributed by atoms with Crippen molar-refractivity contribution in [1.29, 1.82) is 0 Å². The first-order valence-corrected chi connectivity index (χ1v) is 6.55. The molecule has 18 heavy (non-hydrogen) atoms. The zero-order valence-electron chi connectivity index (χ0n) is 11.6. The summed E-state index contributed by atoms with van der Waals surface area (Å²) in [4.78, 5) is 13.8. The van der Waals surface area contributed by atoms with Gasteiger partial charge in [0.25, 0.3) is 0 Å². The van der Waals surface area contributed by atoms with Gasteiger partial charge in [-0.1, -0.05) is 44.2 Å². The van der Waals surface area contributed by atoms with Crippen LogP contribution in [0.1, 0.15) is 25.8 Å². The van der Waals surface area contributed by atoms with E-state index < -0.39 is 6.04 Å². The van der Waals surface area contributed by atoms with Crippen LogP contribution >= 0.6 is 0 Å².